The molecule has 0 atom stereocenters. The molecule has 2 amide bonds. The Morgan fingerprint density at radius 1 is 1.07 bits per heavy atom. The third-order valence-corrected chi connectivity index (χ3v) is 6.17. The monoisotopic (exact) mass is 390 g/mol. The Kier molecular flexibility index (Phi) is 5.26. The average Bonchev–Trinajstić information content (AvgIpc) is 3.15. The SMILES string of the molecule is Cc1cccc(CNC(=O)c2cc3c(s2)CCN(C(=O)c2ccccc2)C3)c1. The topological polar surface area (TPSA) is 49.4 Å². The van der Waals surface area contributed by atoms with E-state index in [0.29, 0.717) is 30.1 Å². The van der Waals surface area contributed by atoms with E-state index in [1.807, 2.05) is 66.4 Å². The molecule has 142 valence electrons. The van der Waals surface area contributed by atoms with Crippen LogP contribution in [0.3, 0.4) is 0 Å². The van der Waals surface area contributed by atoms with Crippen LogP contribution in [-0.4, -0.2) is 23.3 Å². The minimum absolute atomic E-state index is 0.0444. The van der Waals surface area contributed by atoms with E-state index >= 15 is 0 Å². The fraction of sp³-hybridized carbons (Fsp3) is 0.217. The van der Waals surface area contributed by atoms with E-state index in [2.05, 4.69) is 11.4 Å². The highest BCUT2D eigenvalue weighted by atomic mass is 32.1. The molecule has 1 aliphatic rings. The molecule has 0 fully saturated rings. The van der Waals surface area contributed by atoms with Crippen molar-refractivity contribution in [2.45, 2.75) is 26.4 Å². The molecule has 4 nitrogen and oxygen atoms in total. The molecule has 5 heteroatoms. The van der Waals surface area contributed by atoms with Crippen molar-refractivity contribution < 1.29 is 9.59 Å². The van der Waals surface area contributed by atoms with Crippen LogP contribution in [0.5, 0.6) is 0 Å². The predicted octanol–water partition coefficient (Wildman–Crippen LogP) is 4.19. The van der Waals surface area contributed by atoms with Crippen LogP contribution in [0.4, 0.5) is 0 Å². The number of aryl methyl sites for hydroxylation is 1. The van der Waals surface area contributed by atoms with Crippen LogP contribution < -0.4 is 5.32 Å². The summed E-state index contributed by atoms with van der Waals surface area (Å²) < 4.78 is 0. The van der Waals surface area contributed by atoms with Gasteiger partial charge in [-0.2, -0.15) is 0 Å². The molecule has 0 spiro atoms. The van der Waals surface area contributed by atoms with Gasteiger partial charge in [-0.05, 0) is 42.7 Å². The molecular formula is C23H22N2O2S. The molecule has 4 rings (SSSR count). The Hall–Kier alpha value is -2.92. The predicted molar refractivity (Wildman–Crippen MR) is 112 cm³/mol. The number of hydrogen-bond acceptors (Lipinski definition) is 3. The summed E-state index contributed by atoms with van der Waals surface area (Å²) in [6.45, 7) is 3.80. The highest BCUT2D eigenvalue weighted by Gasteiger charge is 2.25. The van der Waals surface area contributed by atoms with Gasteiger partial charge in [0.25, 0.3) is 11.8 Å². The molecule has 0 aliphatic carbocycles. The lowest BCUT2D eigenvalue weighted by Crippen LogP contribution is -2.35. The molecule has 1 aliphatic heterocycles. The third kappa shape index (κ3) is 3.99. The van der Waals surface area contributed by atoms with Gasteiger partial charge in [-0.3, -0.25) is 9.59 Å². The lowest BCUT2D eigenvalue weighted by atomic mass is 10.1. The summed E-state index contributed by atoms with van der Waals surface area (Å²) >= 11 is 1.54. The molecule has 3 aromatic rings. The molecule has 0 saturated carbocycles. The second-order valence-electron chi connectivity index (χ2n) is 7.07. The van der Waals surface area contributed by atoms with Gasteiger partial charge >= 0.3 is 0 Å². The molecule has 2 aromatic carbocycles. The van der Waals surface area contributed by atoms with Crippen molar-refractivity contribution in [3.05, 3.63) is 92.7 Å². The molecule has 0 unspecified atom stereocenters. The lowest BCUT2D eigenvalue weighted by molar-refractivity contribution is 0.0736. The van der Waals surface area contributed by atoms with Crippen molar-refractivity contribution in [3.8, 4) is 0 Å². The molecule has 1 aromatic heterocycles. The van der Waals surface area contributed by atoms with Crippen molar-refractivity contribution in [3.63, 3.8) is 0 Å². The van der Waals surface area contributed by atoms with E-state index < -0.39 is 0 Å². The zero-order valence-electron chi connectivity index (χ0n) is 15.8. The molecule has 0 bridgehead atoms. The van der Waals surface area contributed by atoms with Crippen LogP contribution in [0, 0.1) is 6.92 Å². The normalized spacial score (nSPS) is 13.1. The smallest absolute Gasteiger partial charge is 0.261 e. The first-order valence-corrected chi connectivity index (χ1v) is 10.2. The Morgan fingerprint density at radius 2 is 1.89 bits per heavy atom. The van der Waals surface area contributed by atoms with Crippen molar-refractivity contribution in [2.24, 2.45) is 0 Å². The number of thiophene rings is 1. The summed E-state index contributed by atoms with van der Waals surface area (Å²) in [5.41, 5.74) is 4.06. The van der Waals surface area contributed by atoms with Crippen molar-refractivity contribution >= 4 is 23.2 Å². The van der Waals surface area contributed by atoms with E-state index in [1.54, 1.807) is 11.3 Å². The number of carbonyl (C=O) groups is 2. The number of hydrogen-bond donors (Lipinski definition) is 1. The van der Waals surface area contributed by atoms with E-state index in [0.717, 1.165) is 17.5 Å². The van der Waals surface area contributed by atoms with Gasteiger partial charge in [-0.1, -0.05) is 48.0 Å². The van der Waals surface area contributed by atoms with E-state index in [1.165, 1.54) is 10.4 Å². The maximum Gasteiger partial charge on any atom is 0.261 e. The first kappa shape index (κ1) is 18.4. The first-order chi connectivity index (χ1) is 13.6. The van der Waals surface area contributed by atoms with Gasteiger partial charge in [-0.25, -0.2) is 0 Å². The maximum absolute atomic E-state index is 12.7. The van der Waals surface area contributed by atoms with Gasteiger partial charge in [0.2, 0.25) is 0 Å². The van der Waals surface area contributed by atoms with Gasteiger partial charge < -0.3 is 10.2 Å². The molecule has 28 heavy (non-hydrogen) atoms. The summed E-state index contributed by atoms with van der Waals surface area (Å²) in [6, 6.07) is 19.4. The number of benzene rings is 2. The van der Waals surface area contributed by atoms with Gasteiger partial charge in [-0.15, -0.1) is 11.3 Å². The fourth-order valence-corrected chi connectivity index (χ4v) is 4.55. The number of nitrogens with one attached hydrogen (secondary N) is 1. The summed E-state index contributed by atoms with van der Waals surface area (Å²) in [4.78, 5) is 29.0. The molecule has 2 heterocycles. The van der Waals surface area contributed by atoms with Crippen LogP contribution in [0.25, 0.3) is 0 Å². The zero-order chi connectivity index (χ0) is 19.5. The van der Waals surface area contributed by atoms with Crippen LogP contribution in [0.2, 0.25) is 0 Å². The molecule has 0 radical (unpaired) electrons. The fourth-order valence-electron chi connectivity index (χ4n) is 3.47. The summed E-state index contributed by atoms with van der Waals surface area (Å²) in [5, 5.41) is 3.00. The van der Waals surface area contributed by atoms with Crippen molar-refractivity contribution in [1.82, 2.24) is 10.2 Å². The number of nitrogens with zero attached hydrogens (tertiary/aromatic N) is 1. The third-order valence-electron chi connectivity index (χ3n) is 4.93. The summed E-state index contributed by atoms with van der Waals surface area (Å²) in [6.07, 6.45) is 0.795. The van der Waals surface area contributed by atoms with Crippen LogP contribution >= 0.6 is 11.3 Å². The number of fused-ring (bicyclic) bond motifs is 1. The maximum atomic E-state index is 12.7. The Bertz CT molecular complexity index is 1010. The van der Waals surface area contributed by atoms with Gasteiger partial charge in [0, 0.05) is 30.1 Å². The van der Waals surface area contributed by atoms with Gasteiger partial charge in [0.05, 0.1) is 4.88 Å². The molecular weight excluding hydrogens is 368 g/mol. The Balaban J connectivity index is 1.42. The number of rotatable bonds is 4. The second-order valence-corrected chi connectivity index (χ2v) is 8.21. The molecule has 0 saturated heterocycles. The largest absolute Gasteiger partial charge is 0.347 e. The van der Waals surface area contributed by atoms with Crippen molar-refractivity contribution in [2.75, 3.05) is 6.54 Å². The summed E-state index contributed by atoms with van der Waals surface area (Å²) in [7, 11) is 0. The first-order valence-electron chi connectivity index (χ1n) is 9.40. The van der Waals surface area contributed by atoms with Gasteiger partial charge in [0.1, 0.15) is 0 Å². The van der Waals surface area contributed by atoms with E-state index in [4.69, 9.17) is 0 Å². The number of carbonyl (C=O) groups excluding carboxylic acids is 2. The van der Waals surface area contributed by atoms with Crippen LogP contribution in [0.1, 0.15) is 41.6 Å². The highest BCUT2D eigenvalue weighted by molar-refractivity contribution is 7.14. The zero-order valence-corrected chi connectivity index (χ0v) is 16.6. The van der Waals surface area contributed by atoms with Crippen LogP contribution in [0.15, 0.2) is 60.7 Å². The number of amides is 2. The minimum atomic E-state index is -0.0538. The minimum Gasteiger partial charge on any atom is -0.347 e. The van der Waals surface area contributed by atoms with E-state index in [-0.39, 0.29) is 11.8 Å². The second kappa shape index (κ2) is 7.98. The van der Waals surface area contributed by atoms with Crippen molar-refractivity contribution in [1.29, 1.82) is 0 Å². The standard InChI is InChI=1S/C23H22N2O2S/c1-16-6-5-7-17(12-16)14-24-22(26)21-13-19-15-25(11-10-20(19)28-21)23(27)18-8-3-2-4-9-18/h2-9,12-13H,10-11,14-15H2,1H3,(H,24,26). The van der Waals surface area contributed by atoms with E-state index in [9.17, 15) is 9.59 Å². The van der Waals surface area contributed by atoms with Crippen LogP contribution in [-0.2, 0) is 19.5 Å². The molecule has 1 N–H and O–H groups in total. The quantitative estimate of drug-likeness (QED) is 0.726. The highest BCUT2D eigenvalue weighted by Crippen LogP contribution is 2.29. The average molecular weight is 391 g/mol. The van der Waals surface area contributed by atoms with Gasteiger partial charge in [0.15, 0.2) is 0 Å². The Labute approximate surface area is 168 Å². The summed E-state index contributed by atoms with van der Waals surface area (Å²) in [5.74, 6) is -0.00950. The Morgan fingerprint density at radius 3 is 2.68 bits per heavy atom. The lowest BCUT2D eigenvalue weighted by Gasteiger charge is -2.27.